The van der Waals surface area contributed by atoms with Crippen molar-refractivity contribution in [3.63, 3.8) is 0 Å². The summed E-state index contributed by atoms with van der Waals surface area (Å²) in [5.41, 5.74) is 2.27. The summed E-state index contributed by atoms with van der Waals surface area (Å²) < 4.78 is 0. The fourth-order valence-corrected chi connectivity index (χ4v) is 4.51. The number of hydrogen-bond donors (Lipinski definition) is 0. The standard InChI is InChI=1S/C32H48N2O2/c1-3-5-7-9-17-23-31(35)33(27-29-19-13-11-14-20-29)25-26-34(28-30-21-15-12-16-22-30)32(36)24-18-10-8-6-4-2/h11-16,19-22H,3-10,17-18,23-28H2,1-2H3. The van der Waals surface area contributed by atoms with Crippen LogP contribution in [0.2, 0.25) is 0 Å². The number of hydrogen-bond acceptors (Lipinski definition) is 2. The average Bonchev–Trinajstić information content (AvgIpc) is 2.91. The van der Waals surface area contributed by atoms with Crippen molar-refractivity contribution in [2.24, 2.45) is 0 Å². The molecule has 0 radical (unpaired) electrons. The molecule has 0 heterocycles. The Morgan fingerprint density at radius 2 is 0.889 bits per heavy atom. The third-order valence-electron chi connectivity index (χ3n) is 6.77. The summed E-state index contributed by atoms with van der Waals surface area (Å²) in [6.07, 6.45) is 12.5. The van der Waals surface area contributed by atoms with E-state index in [1.807, 2.05) is 46.2 Å². The Bertz CT molecular complexity index is 766. The summed E-state index contributed by atoms with van der Waals surface area (Å²) in [5, 5.41) is 0. The summed E-state index contributed by atoms with van der Waals surface area (Å²) in [6, 6.07) is 20.4. The first-order chi connectivity index (χ1) is 17.6. The van der Waals surface area contributed by atoms with Gasteiger partial charge in [-0.3, -0.25) is 9.59 Å². The third-order valence-corrected chi connectivity index (χ3v) is 6.77. The number of carbonyl (C=O) groups is 2. The van der Waals surface area contributed by atoms with Gasteiger partial charge in [0.15, 0.2) is 0 Å². The SMILES string of the molecule is CCCCCCCC(=O)N(CCN(Cc1ccccc1)C(=O)CCCCCCC)Cc1ccccc1. The molecule has 4 nitrogen and oxygen atoms in total. The molecule has 0 atom stereocenters. The third kappa shape index (κ3) is 12.4. The Hall–Kier alpha value is -2.62. The Morgan fingerprint density at radius 1 is 0.528 bits per heavy atom. The molecule has 0 aromatic heterocycles. The van der Waals surface area contributed by atoms with Crippen molar-refractivity contribution in [3.05, 3.63) is 71.8 Å². The van der Waals surface area contributed by atoms with Crippen LogP contribution < -0.4 is 0 Å². The van der Waals surface area contributed by atoms with Crippen LogP contribution in [0.4, 0.5) is 0 Å². The lowest BCUT2D eigenvalue weighted by molar-refractivity contribution is -0.136. The summed E-state index contributed by atoms with van der Waals surface area (Å²) in [4.78, 5) is 30.4. The molecule has 0 aliphatic heterocycles. The Kier molecular flexibility index (Phi) is 15.3. The van der Waals surface area contributed by atoms with Crippen LogP contribution in [0.3, 0.4) is 0 Å². The van der Waals surface area contributed by atoms with E-state index in [-0.39, 0.29) is 11.8 Å². The second-order valence-corrected chi connectivity index (χ2v) is 9.93. The minimum atomic E-state index is 0.196. The Morgan fingerprint density at radius 3 is 1.25 bits per heavy atom. The van der Waals surface area contributed by atoms with E-state index in [0.717, 1.165) is 36.8 Å². The minimum absolute atomic E-state index is 0.196. The second-order valence-electron chi connectivity index (χ2n) is 9.93. The van der Waals surface area contributed by atoms with Gasteiger partial charge in [-0.05, 0) is 24.0 Å². The zero-order valence-corrected chi connectivity index (χ0v) is 22.8. The molecule has 0 saturated heterocycles. The van der Waals surface area contributed by atoms with Crippen LogP contribution in [0, 0.1) is 0 Å². The van der Waals surface area contributed by atoms with Gasteiger partial charge in [-0.25, -0.2) is 0 Å². The molecule has 2 aromatic carbocycles. The van der Waals surface area contributed by atoms with Gasteiger partial charge in [0.2, 0.25) is 11.8 Å². The van der Waals surface area contributed by atoms with Gasteiger partial charge in [-0.1, -0.05) is 126 Å². The van der Waals surface area contributed by atoms with Gasteiger partial charge in [-0.2, -0.15) is 0 Å². The fourth-order valence-electron chi connectivity index (χ4n) is 4.51. The molecular weight excluding hydrogens is 444 g/mol. The van der Waals surface area contributed by atoms with Crippen LogP contribution >= 0.6 is 0 Å². The van der Waals surface area contributed by atoms with E-state index in [1.54, 1.807) is 0 Å². The molecule has 2 aromatic rings. The predicted octanol–water partition coefficient (Wildman–Crippen LogP) is 7.77. The molecule has 0 unspecified atom stereocenters. The van der Waals surface area contributed by atoms with Crippen molar-refractivity contribution in [2.75, 3.05) is 13.1 Å². The van der Waals surface area contributed by atoms with Gasteiger partial charge in [0.25, 0.3) is 0 Å². The lowest BCUT2D eigenvalue weighted by Crippen LogP contribution is -2.40. The summed E-state index contributed by atoms with van der Waals surface area (Å²) in [6.45, 7) is 6.74. The van der Waals surface area contributed by atoms with Crippen LogP contribution in [-0.4, -0.2) is 34.7 Å². The van der Waals surface area contributed by atoms with Gasteiger partial charge in [-0.15, -0.1) is 0 Å². The van der Waals surface area contributed by atoms with Crippen molar-refractivity contribution >= 4 is 11.8 Å². The maximum atomic E-state index is 13.2. The minimum Gasteiger partial charge on any atom is -0.337 e. The molecule has 0 bridgehead atoms. The highest BCUT2D eigenvalue weighted by Gasteiger charge is 2.19. The maximum absolute atomic E-state index is 13.2. The van der Waals surface area contributed by atoms with Crippen LogP contribution in [-0.2, 0) is 22.7 Å². The summed E-state index contributed by atoms with van der Waals surface area (Å²) in [7, 11) is 0. The van der Waals surface area contributed by atoms with Crippen LogP contribution in [0.1, 0.15) is 102 Å². The van der Waals surface area contributed by atoms with E-state index in [0.29, 0.717) is 39.0 Å². The van der Waals surface area contributed by atoms with E-state index in [9.17, 15) is 9.59 Å². The van der Waals surface area contributed by atoms with E-state index >= 15 is 0 Å². The monoisotopic (exact) mass is 492 g/mol. The van der Waals surface area contributed by atoms with Crippen LogP contribution in [0.5, 0.6) is 0 Å². The van der Waals surface area contributed by atoms with Gasteiger partial charge >= 0.3 is 0 Å². The highest BCUT2D eigenvalue weighted by Crippen LogP contribution is 2.14. The molecule has 198 valence electrons. The van der Waals surface area contributed by atoms with E-state index in [1.165, 1.54) is 38.5 Å². The molecular formula is C32H48N2O2. The first kappa shape index (κ1) is 29.6. The number of carbonyl (C=O) groups excluding carboxylic acids is 2. The van der Waals surface area contributed by atoms with E-state index in [2.05, 4.69) is 38.1 Å². The molecule has 4 heteroatoms. The average molecular weight is 493 g/mol. The summed E-state index contributed by atoms with van der Waals surface area (Å²) in [5.74, 6) is 0.393. The first-order valence-electron chi connectivity index (χ1n) is 14.3. The first-order valence-corrected chi connectivity index (χ1v) is 14.3. The molecule has 0 fully saturated rings. The van der Waals surface area contributed by atoms with Crippen molar-refractivity contribution in [2.45, 2.75) is 104 Å². The lowest BCUT2D eigenvalue weighted by atomic mass is 10.1. The highest BCUT2D eigenvalue weighted by atomic mass is 16.2. The van der Waals surface area contributed by atoms with Gasteiger partial charge in [0, 0.05) is 39.0 Å². The lowest BCUT2D eigenvalue weighted by Gasteiger charge is -2.29. The zero-order valence-electron chi connectivity index (χ0n) is 22.8. The molecule has 0 saturated carbocycles. The molecule has 0 spiro atoms. The molecule has 0 aliphatic carbocycles. The molecule has 36 heavy (non-hydrogen) atoms. The van der Waals surface area contributed by atoms with E-state index < -0.39 is 0 Å². The fraction of sp³-hybridized carbons (Fsp3) is 0.562. The molecule has 0 aliphatic rings. The normalized spacial score (nSPS) is 10.8. The van der Waals surface area contributed by atoms with Gasteiger partial charge < -0.3 is 9.80 Å². The van der Waals surface area contributed by atoms with Crippen molar-refractivity contribution in [3.8, 4) is 0 Å². The molecule has 0 N–H and O–H groups in total. The highest BCUT2D eigenvalue weighted by molar-refractivity contribution is 5.77. The molecule has 2 amide bonds. The predicted molar refractivity (Wildman–Crippen MR) is 150 cm³/mol. The largest absolute Gasteiger partial charge is 0.337 e. The zero-order chi connectivity index (χ0) is 25.8. The topological polar surface area (TPSA) is 40.6 Å². The Labute approximate surface area is 220 Å². The number of nitrogens with zero attached hydrogens (tertiary/aromatic N) is 2. The number of unbranched alkanes of at least 4 members (excludes halogenated alkanes) is 8. The number of benzene rings is 2. The van der Waals surface area contributed by atoms with Crippen LogP contribution in [0.25, 0.3) is 0 Å². The van der Waals surface area contributed by atoms with Crippen LogP contribution in [0.15, 0.2) is 60.7 Å². The smallest absolute Gasteiger partial charge is 0.222 e. The van der Waals surface area contributed by atoms with Crippen molar-refractivity contribution in [1.82, 2.24) is 9.80 Å². The summed E-state index contributed by atoms with van der Waals surface area (Å²) >= 11 is 0. The number of rotatable bonds is 19. The van der Waals surface area contributed by atoms with Crippen molar-refractivity contribution < 1.29 is 9.59 Å². The van der Waals surface area contributed by atoms with Crippen molar-refractivity contribution in [1.29, 1.82) is 0 Å². The number of amides is 2. The second kappa shape index (κ2) is 18.6. The van der Waals surface area contributed by atoms with Gasteiger partial charge in [0.1, 0.15) is 0 Å². The maximum Gasteiger partial charge on any atom is 0.222 e. The molecule has 2 rings (SSSR count). The Balaban J connectivity index is 2.02. The van der Waals surface area contributed by atoms with Gasteiger partial charge in [0.05, 0.1) is 0 Å². The quantitative estimate of drug-likeness (QED) is 0.188. The van der Waals surface area contributed by atoms with E-state index in [4.69, 9.17) is 0 Å².